The molecule has 0 bridgehead atoms. The van der Waals surface area contributed by atoms with Crippen LogP contribution in [-0.2, 0) is 0 Å². The Bertz CT molecular complexity index is 413. The third-order valence-corrected chi connectivity index (χ3v) is 4.88. The Kier molecular flexibility index (Phi) is 5.56. The molecule has 1 aliphatic carbocycles. The molecule has 1 aliphatic rings. The molecule has 3 heteroatoms. The number of benzene rings is 1. The highest BCUT2D eigenvalue weighted by Gasteiger charge is 2.24. The van der Waals surface area contributed by atoms with E-state index in [4.69, 9.17) is 23.2 Å². The van der Waals surface area contributed by atoms with Crippen molar-refractivity contribution in [2.45, 2.75) is 58.0 Å². The Hall–Kier alpha value is -0.240. The maximum atomic E-state index is 6.32. The molecule has 0 heterocycles. The monoisotopic (exact) mass is 299 g/mol. The lowest BCUT2D eigenvalue weighted by molar-refractivity contribution is 0.339. The Balaban J connectivity index is 2.06. The van der Waals surface area contributed by atoms with Crippen LogP contribution in [0.25, 0.3) is 0 Å². The zero-order chi connectivity index (χ0) is 13.8. The summed E-state index contributed by atoms with van der Waals surface area (Å²) in [6, 6.07) is 6.68. The molecule has 1 nitrogen and oxygen atoms in total. The van der Waals surface area contributed by atoms with E-state index in [0.29, 0.717) is 17.1 Å². The normalized spacial score (nSPS) is 19.6. The summed E-state index contributed by atoms with van der Waals surface area (Å²) in [6.07, 6.45) is 6.53. The van der Waals surface area contributed by atoms with Crippen LogP contribution in [0.2, 0.25) is 10.0 Å². The molecule has 1 N–H and O–H groups in total. The number of hydrogen-bond donors (Lipinski definition) is 1. The molecule has 1 saturated carbocycles. The fourth-order valence-electron chi connectivity index (χ4n) is 3.12. The zero-order valence-electron chi connectivity index (χ0n) is 11.8. The standard InChI is InChI=1S/C16H23Cl2N/c1-3-16(14-9-8-13(17)10-15(14)18)19-11(2)12-6-4-5-7-12/h8-12,16,19H,3-7H2,1-2H3/t11-,16?/m1/s1. The predicted octanol–water partition coefficient (Wildman–Crippen LogP) is 5.61. The van der Waals surface area contributed by atoms with Gasteiger partial charge in [0.15, 0.2) is 0 Å². The molecule has 106 valence electrons. The fourth-order valence-corrected chi connectivity index (χ4v) is 3.66. The van der Waals surface area contributed by atoms with Gasteiger partial charge in [-0.15, -0.1) is 0 Å². The molecule has 0 saturated heterocycles. The summed E-state index contributed by atoms with van der Waals surface area (Å²) in [6.45, 7) is 4.51. The van der Waals surface area contributed by atoms with Crippen LogP contribution in [0.5, 0.6) is 0 Å². The van der Waals surface area contributed by atoms with E-state index < -0.39 is 0 Å². The van der Waals surface area contributed by atoms with Crippen molar-refractivity contribution in [2.75, 3.05) is 0 Å². The molecule has 2 rings (SSSR count). The van der Waals surface area contributed by atoms with Gasteiger partial charge in [0.05, 0.1) is 0 Å². The second-order valence-corrected chi connectivity index (χ2v) is 6.47. The molecule has 0 amide bonds. The lowest BCUT2D eigenvalue weighted by Gasteiger charge is -2.27. The first-order valence-electron chi connectivity index (χ1n) is 7.32. The highest BCUT2D eigenvalue weighted by Crippen LogP contribution is 2.32. The van der Waals surface area contributed by atoms with Gasteiger partial charge in [-0.3, -0.25) is 0 Å². The van der Waals surface area contributed by atoms with Gasteiger partial charge in [-0.1, -0.05) is 49.0 Å². The van der Waals surface area contributed by atoms with Crippen molar-refractivity contribution in [3.63, 3.8) is 0 Å². The minimum Gasteiger partial charge on any atom is -0.307 e. The van der Waals surface area contributed by atoms with Crippen molar-refractivity contribution in [1.29, 1.82) is 0 Å². The quantitative estimate of drug-likeness (QED) is 0.745. The molecular formula is C16H23Cl2N. The van der Waals surface area contributed by atoms with Gasteiger partial charge in [-0.2, -0.15) is 0 Å². The number of nitrogens with one attached hydrogen (secondary N) is 1. The van der Waals surface area contributed by atoms with Gasteiger partial charge in [-0.25, -0.2) is 0 Å². The summed E-state index contributed by atoms with van der Waals surface area (Å²) in [5.74, 6) is 0.820. The van der Waals surface area contributed by atoms with Crippen LogP contribution in [0.3, 0.4) is 0 Å². The van der Waals surface area contributed by atoms with Crippen molar-refractivity contribution in [1.82, 2.24) is 5.32 Å². The van der Waals surface area contributed by atoms with E-state index in [2.05, 4.69) is 19.2 Å². The van der Waals surface area contributed by atoms with Crippen LogP contribution >= 0.6 is 23.2 Å². The van der Waals surface area contributed by atoms with Gasteiger partial charge in [0.25, 0.3) is 0 Å². The third kappa shape index (κ3) is 3.87. The largest absolute Gasteiger partial charge is 0.307 e. The van der Waals surface area contributed by atoms with E-state index in [1.807, 2.05) is 18.2 Å². The van der Waals surface area contributed by atoms with Gasteiger partial charge in [0, 0.05) is 22.1 Å². The van der Waals surface area contributed by atoms with Crippen molar-refractivity contribution in [3.8, 4) is 0 Å². The summed E-state index contributed by atoms with van der Waals surface area (Å²) in [5.41, 5.74) is 1.17. The lowest BCUT2D eigenvalue weighted by Crippen LogP contribution is -2.35. The molecule has 0 radical (unpaired) electrons. The highest BCUT2D eigenvalue weighted by molar-refractivity contribution is 6.35. The SMILES string of the molecule is CCC(N[C@H](C)C1CCCC1)c1ccc(Cl)cc1Cl. The first-order chi connectivity index (χ1) is 9.11. The summed E-state index contributed by atoms with van der Waals surface area (Å²) in [4.78, 5) is 0. The van der Waals surface area contributed by atoms with Crippen molar-refractivity contribution >= 4 is 23.2 Å². The number of rotatable bonds is 5. The molecule has 1 fully saturated rings. The molecule has 0 aromatic heterocycles. The Morgan fingerprint density at radius 1 is 1.26 bits per heavy atom. The van der Waals surface area contributed by atoms with E-state index in [-0.39, 0.29) is 0 Å². The molecule has 2 atom stereocenters. The Morgan fingerprint density at radius 3 is 2.53 bits per heavy atom. The Morgan fingerprint density at radius 2 is 1.95 bits per heavy atom. The second-order valence-electron chi connectivity index (χ2n) is 5.63. The number of hydrogen-bond acceptors (Lipinski definition) is 1. The first kappa shape index (κ1) is 15.2. The molecule has 1 aromatic carbocycles. The maximum Gasteiger partial charge on any atom is 0.0468 e. The van der Waals surface area contributed by atoms with Crippen molar-refractivity contribution in [2.24, 2.45) is 5.92 Å². The average Bonchev–Trinajstić information content (AvgIpc) is 2.90. The van der Waals surface area contributed by atoms with Crippen molar-refractivity contribution in [3.05, 3.63) is 33.8 Å². The lowest BCUT2D eigenvalue weighted by atomic mass is 9.96. The minimum absolute atomic E-state index is 0.320. The fraction of sp³-hybridized carbons (Fsp3) is 0.625. The van der Waals surface area contributed by atoms with Crippen LogP contribution in [0, 0.1) is 5.92 Å². The predicted molar refractivity (Wildman–Crippen MR) is 84.0 cm³/mol. The molecule has 1 aromatic rings. The van der Waals surface area contributed by atoms with E-state index in [1.165, 1.54) is 31.2 Å². The van der Waals surface area contributed by atoms with Gasteiger partial charge < -0.3 is 5.32 Å². The summed E-state index contributed by atoms with van der Waals surface area (Å²) in [7, 11) is 0. The minimum atomic E-state index is 0.320. The highest BCUT2D eigenvalue weighted by atomic mass is 35.5. The van der Waals surface area contributed by atoms with E-state index in [9.17, 15) is 0 Å². The topological polar surface area (TPSA) is 12.0 Å². The van der Waals surface area contributed by atoms with Gasteiger partial charge in [0.2, 0.25) is 0 Å². The third-order valence-electron chi connectivity index (χ3n) is 4.32. The number of halogens is 2. The Labute approximate surface area is 126 Å². The van der Waals surface area contributed by atoms with E-state index in [1.54, 1.807) is 0 Å². The molecule has 19 heavy (non-hydrogen) atoms. The molecule has 1 unspecified atom stereocenters. The molecule has 0 aliphatic heterocycles. The second kappa shape index (κ2) is 6.97. The zero-order valence-corrected chi connectivity index (χ0v) is 13.3. The summed E-state index contributed by atoms with van der Waals surface area (Å²) < 4.78 is 0. The molecular weight excluding hydrogens is 277 g/mol. The van der Waals surface area contributed by atoms with Gasteiger partial charge in [-0.05, 0) is 49.8 Å². The average molecular weight is 300 g/mol. The summed E-state index contributed by atoms with van der Waals surface area (Å²) >= 11 is 12.3. The van der Waals surface area contributed by atoms with Gasteiger partial charge >= 0.3 is 0 Å². The maximum absolute atomic E-state index is 6.32. The van der Waals surface area contributed by atoms with Crippen molar-refractivity contribution < 1.29 is 0 Å². The van der Waals surface area contributed by atoms with Gasteiger partial charge in [0.1, 0.15) is 0 Å². The van der Waals surface area contributed by atoms with Crippen LogP contribution in [-0.4, -0.2) is 6.04 Å². The van der Waals surface area contributed by atoms with Crippen LogP contribution in [0.15, 0.2) is 18.2 Å². The van der Waals surface area contributed by atoms with Crippen LogP contribution in [0.4, 0.5) is 0 Å². The molecule has 0 spiro atoms. The van der Waals surface area contributed by atoms with E-state index in [0.717, 1.165) is 17.4 Å². The smallest absolute Gasteiger partial charge is 0.0468 e. The first-order valence-corrected chi connectivity index (χ1v) is 8.08. The van der Waals surface area contributed by atoms with Crippen LogP contribution in [0.1, 0.15) is 57.6 Å². The van der Waals surface area contributed by atoms with Crippen LogP contribution < -0.4 is 5.32 Å². The summed E-state index contributed by atoms with van der Waals surface area (Å²) in [5, 5.41) is 5.23. The van der Waals surface area contributed by atoms with E-state index >= 15 is 0 Å².